The fourth-order valence-electron chi connectivity index (χ4n) is 1.69. The zero-order valence-corrected chi connectivity index (χ0v) is 8.52. The Morgan fingerprint density at radius 3 is 2.73 bits per heavy atom. The van der Waals surface area contributed by atoms with Gasteiger partial charge in [-0.3, -0.25) is 19.7 Å². The van der Waals surface area contributed by atoms with Crippen molar-refractivity contribution >= 4 is 11.8 Å². The minimum atomic E-state index is -1.69. The van der Waals surface area contributed by atoms with E-state index >= 15 is 0 Å². The fraction of sp³-hybridized carbons (Fsp3) is 0.778. The third-order valence-electron chi connectivity index (χ3n) is 2.63. The maximum absolute atomic E-state index is 11.5. The Balaban J connectivity index is 2.81. The fourth-order valence-corrected chi connectivity index (χ4v) is 1.69. The highest BCUT2D eigenvalue weighted by atomic mass is 16.6. The second kappa shape index (κ2) is 4.37. The topological polar surface area (TPSA) is 86.5 Å². The largest absolute Gasteiger partial charge is 0.458 e. The van der Waals surface area contributed by atoms with E-state index in [-0.39, 0.29) is 12.8 Å². The maximum Gasteiger partial charge on any atom is 0.312 e. The van der Waals surface area contributed by atoms with E-state index < -0.39 is 28.8 Å². The lowest BCUT2D eigenvalue weighted by Crippen LogP contribution is -2.52. The Labute approximate surface area is 86.7 Å². The second-order valence-electron chi connectivity index (χ2n) is 3.70. The molecular weight excluding hydrogens is 202 g/mol. The predicted octanol–water partition coefficient (Wildman–Crippen LogP) is 0.708. The first kappa shape index (κ1) is 11.6. The van der Waals surface area contributed by atoms with Crippen LogP contribution in [0.5, 0.6) is 0 Å². The van der Waals surface area contributed by atoms with Crippen LogP contribution in [-0.4, -0.2) is 28.8 Å². The molecule has 6 heteroatoms. The van der Waals surface area contributed by atoms with Crippen molar-refractivity contribution in [1.29, 1.82) is 0 Å². The van der Waals surface area contributed by atoms with E-state index in [0.717, 1.165) is 0 Å². The van der Waals surface area contributed by atoms with Gasteiger partial charge in [0.25, 0.3) is 0 Å². The van der Waals surface area contributed by atoms with Crippen LogP contribution in [0, 0.1) is 10.1 Å². The van der Waals surface area contributed by atoms with E-state index in [1.54, 1.807) is 0 Å². The van der Waals surface area contributed by atoms with Gasteiger partial charge in [0, 0.05) is 24.7 Å². The third-order valence-corrected chi connectivity index (χ3v) is 2.63. The van der Waals surface area contributed by atoms with Crippen LogP contribution >= 0.6 is 0 Å². The van der Waals surface area contributed by atoms with Crippen LogP contribution < -0.4 is 0 Å². The molecule has 1 rings (SSSR count). The van der Waals surface area contributed by atoms with E-state index in [9.17, 15) is 19.7 Å². The van der Waals surface area contributed by atoms with Crippen molar-refractivity contribution in [3.05, 3.63) is 10.1 Å². The number of hydrogen-bond acceptors (Lipinski definition) is 5. The Bertz CT molecular complexity index is 301. The summed E-state index contributed by atoms with van der Waals surface area (Å²) in [4.78, 5) is 32.4. The van der Waals surface area contributed by atoms with Gasteiger partial charge in [-0.25, -0.2) is 0 Å². The molecule has 1 aliphatic rings. The first-order chi connectivity index (χ1) is 6.99. The van der Waals surface area contributed by atoms with Gasteiger partial charge in [-0.1, -0.05) is 0 Å². The first-order valence-electron chi connectivity index (χ1n) is 4.80. The number of ether oxygens (including phenoxy) is 1. The molecule has 1 saturated carbocycles. The van der Waals surface area contributed by atoms with Gasteiger partial charge in [0.1, 0.15) is 0 Å². The van der Waals surface area contributed by atoms with Gasteiger partial charge in [-0.05, 0) is 12.8 Å². The lowest BCUT2D eigenvalue weighted by molar-refractivity contribution is -0.557. The summed E-state index contributed by atoms with van der Waals surface area (Å²) in [5.74, 6) is -1.03. The molecule has 1 unspecified atom stereocenters. The van der Waals surface area contributed by atoms with E-state index in [1.807, 2.05) is 0 Å². The number of carbonyl (C=O) groups excluding carboxylic acids is 2. The van der Waals surface area contributed by atoms with Gasteiger partial charge < -0.3 is 4.74 Å². The zero-order valence-electron chi connectivity index (χ0n) is 8.52. The minimum absolute atomic E-state index is 0.159. The first-order valence-corrected chi connectivity index (χ1v) is 4.80. The van der Waals surface area contributed by atoms with Gasteiger partial charge in [-0.15, -0.1) is 0 Å². The van der Waals surface area contributed by atoms with Crippen LogP contribution in [0.3, 0.4) is 0 Å². The average molecular weight is 215 g/mol. The van der Waals surface area contributed by atoms with E-state index in [2.05, 4.69) is 4.74 Å². The zero-order chi connectivity index (χ0) is 11.5. The Hall–Kier alpha value is -1.46. The van der Waals surface area contributed by atoms with Crippen LogP contribution in [0.15, 0.2) is 0 Å². The van der Waals surface area contributed by atoms with Gasteiger partial charge in [-0.2, -0.15) is 0 Å². The summed E-state index contributed by atoms with van der Waals surface area (Å²) in [5, 5.41) is 10.9. The lowest BCUT2D eigenvalue weighted by atomic mass is 9.81. The summed E-state index contributed by atoms with van der Waals surface area (Å²) in [7, 11) is 0. The van der Waals surface area contributed by atoms with Crippen LogP contribution in [0.25, 0.3) is 0 Å². The highest BCUT2D eigenvalue weighted by Crippen LogP contribution is 2.28. The predicted molar refractivity (Wildman–Crippen MR) is 49.8 cm³/mol. The number of Topliss-reactive ketones (excluding diaryl/α,β-unsaturated/α-hetero) is 1. The number of ketones is 1. The normalized spacial score (nSPS) is 26.1. The van der Waals surface area contributed by atoms with Gasteiger partial charge in [0.05, 0.1) is 0 Å². The molecule has 0 aromatic carbocycles. The van der Waals surface area contributed by atoms with E-state index in [1.165, 1.54) is 6.92 Å². The van der Waals surface area contributed by atoms with Crippen molar-refractivity contribution in [3.63, 3.8) is 0 Å². The summed E-state index contributed by atoms with van der Waals surface area (Å²) in [6.07, 6.45) is 1.65. The molecular formula is C9H13NO5. The van der Waals surface area contributed by atoms with Crippen molar-refractivity contribution in [2.75, 3.05) is 6.61 Å². The molecule has 0 amide bonds. The smallest absolute Gasteiger partial charge is 0.312 e. The molecule has 1 aliphatic carbocycles. The number of nitrogens with zero attached hydrogens (tertiary/aromatic N) is 1. The minimum Gasteiger partial charge on any atom is -0.458 e. The summed E-state index contributed by atoms with van der Waals surface area (Å²) < 4.78 is 4.62. The summed E-state index contributed by atoms with van der Waals surface area (Å²) in [5.41, 5.74) is -1.69. The van der Waals surface area contributed by atoms with Crippen LogP contribution in [0.4, 0.5) is 0 Å². The summed E-state index contributed by atoms with van der Waals surface area (Å²) in [6, 6.07) is 0. The number of nitro groups is 1. The molecule has 0 aromatic rings. The average Bonchev–Trinajstić information content (AvgIpc) is 2.16. The molecule has 1 atom stereocenters. The number of hydrogen-bond donors (Lipinski definition) is 0. The number of carbonyl (C=O) groups is 2. The molecule has 0 N–H and O–H groups in total. The maximum atomic E-state index is 11.5. The molecule has 6 nitrogen and oxygen atoms in total. The van der Waals surface area contributed by atoms with Gasteiger partial charge in [0.15, 0.2) is 6.61 Å². The highest BCUT2D eigenvalue weighted by molar-refractivity contribution is 5.88. The van der Waals surface area contributed by atoms with E-state index in [0.29, 0.717) is 12.8 Å². The van der Waals surface area contributed by atoms with Crippen molar-refractivity contribution < 1.29 is 19.2 Å². The molecule has 84 valence electrons. The second-order valence-corrected chi connectivity index (χ2v) is 3.70. The molecule has 15 heavy (non-hydrogen) atoms. The van der Waals surface area contributed by atoms with Gasteiger partial charge >= 0.3 is 11.5 Å². The summed E-state index contributed by atoms with van der Waals surface area (Å²) in [6.45, 7) is 0.731. The third kappa shape index (κ3) is 2.31. The number of esters is 1. The molecule has 0 radical (unpaired) electrons. The Morgan fingerprint density at radius 1 is 1.60 bits per heavy atom. The lowest BCUT2D eigenvalue weighted by Gasteiger charge is -2.26. The Kier molecular flexibility index (Phi) is 3.39. The van der Waals surface area contributed by atoms with Crippen molar-refractivity contribution in [1.82, 2.24) is 0 Å². The SMILES string of the molecule is CC(=O)OCC1([N+](=O)[O-])CCCCC1=O. The van der Waals surface area contributed by atoms with Crippen molar-refractivity contribution in [2.45, 2.75) is 38.1 Å². The van der Waals surface area contributed by atoms with Crippen LogP contribution in [0.2, 0.25) is 0 Å². The Morgan fingerprint density at radius 2 is 2.27 bits per heavy atom. The molecule has 0 aromatic heterocycles. The molecule has 1 fully saturated rings. The monoisotopic (exact) mass is 215 g/mol. The molecule has 0 heterocycles. The summed E-state index contributed by atoms with van der Waals surface area (Å²) >= 11 is 0. The molecule has 0 saturated heterocycles. The van der Waals surface area contributed by atoms with Crippen molar-refractivity contribution in [3.8, 4) is 0 Å². The molecule has 0 bridgehead atoms. The van der Waals surface area contributed by atoms with E-state index in [4.69, 9.17) is 0 Å². The van der Waals surface area contributed by atoms with Crippen LogP contribution in [-0.2, 0) is 14.3 Å². The highest BCUT2D eigenvalue weighted by Gasteiger charge is 2.52. The van der Waals surface area contributed by atoms with Crippen LogP contribution in [0.1, 0.15) is 32.6 Å². The number of rotatable bonds is 3. The molecule has 0 aliphatic heterocycles. The van der Waals surface area contributed by atoms with Gasteiger partial charge in [0.2, 0.25) is 5.78 Å². The standard InChI is InChI=1S/C9H13NO5/c1-7(11)15-6-9(10(13)14)5-3-2-4-8(9)12/h2-6H2,1H3. The molecule has 0 spiro atoms. The quantitative estimate of drug-likeness (QED) is 0.393. The van der Waals surface area contributed by atoms with Crippen molar-refractivity contribution in [2.24, 2.45) is 0 Å².